The van der Waals surface area contributed by atoms with Crippen LogP contribution in [0, 0.1) is 5.92 Å². The summed E-state index contributed by atoms with van der Waals surface area (Å²) in [6.45, 7) is 8.16. The third kappa shape index (κ3) is 5.12. The van der Waals surface area contributed by atoms with Gasteiger partial charge < -0.3 is 24.8 Å². The molecule has 4 rings (SSSR count). The molecular weight excluding hydrogens is 451 g/mol. The van der Waals surface area contributed by atoms with Crippen molar-refractivity contribution in [2.75, 3.05) is 32.1 Å². The maximum Gasteiger partial charge on any atom is 0.163 e. The van der Waals surface area contributed by atoms with E-state index in [1.807, 2.05) is 24.3 Å². The van der Waals surface area contributed by atoms with Crippen molar-refractivity contribution in [2.45, 2.75) is 38.5 Å². The molecule has 0 bridgehead atoms. The summed E-state index contributed by atoms with van der Waals surface area (Å²) in [5, 5.41) is 8.74. The Hall–Kier alpha value is -2.06. The molecule has 0 amide bonds. The number of rotatable bonds is 6. The van der Waals surface area contributed by atoms with Gasteiger partial charge in [0.25, 0.3) is 0 Å². The van der Waals surface area contributed by atoms with E-state index in [0.717, 1.165) is 24.0 Å². The standard InChI is InChI=1S/C23H28Cl2N4O3/c1-13-5-16(24)17(25)7-18(13)29-22-15-6-20(30-4)21(8-19(15)27-12-28-22)31-10-14-9-26-11-23(2,3)32-14/h5-8,12-14,18,26H,9-11H2,1-4H3,(H,27,28,29). The lowest BCUT2D eigenvalue weighted by atomic mass is 9.97. The fraction of sp³-hybridized carbons (Fsp3) is 0.478. The Morgan fingerprint density at radius 1 is 1.19 bits per heavy atom. The number of fused-ring (bicyclic) bond motifs is 1. The van der Waals surface area contributed by atoms with Gasteiger partial charge in [0.05, 0.1) is 34.3 Å². The summed E-state index contributed by atoms with van der Waals surface area (Å²) in [4.78, 5) is 8.88. The second kappa shape index (κ2) is 9.43. The Kier molecular flexibility index (Phi) is 6.81. The molecule has 1 fully saturated rings. The third-order valence-corrected chi connectivity index (χ3v) is 6.34. The van der Waals surface area contributed by atoms with Crippen LogP contribution in [0.5, 0.6) is 11.5 Å². The van der Waals surface area contributed by atoms with Crippen LogP contribution in [0.2, 0.25) is 0 Å². The number of halogens is 2. The summed E-state index contributed by atoms with van der Waals surface area (Å²) in [7, 11) is 1.62. The van der Waals surface area contributed by atoms with Gasteiger partial charge in [-0.15, -0.1) is 0 Å². The Morgan fingerprint density at radius 2 is 1.97 bits per heavy atom. The van der Waals surface area contributed by atoms with Crippen LogP contribution in [0.3, 0.4) is 0 Å². The predicted octanol–water partition coefficient (Wildman–Crippen LogP) is 4.46. The summed E-state index contributed by atoms with van der Waals surface area (Å²) in [6, 6.07) is 3.70. The average molecular weight is 479 g/mol. The Bertz CT molecular complexity index is 1060. The summed E-state index contributed by atoms with van der Waals surface area (Å²) >= 11 is 12.4. The lowest BCUT2D eigenvalue weighted by Crippen LogP contribution is -2.52. The molecule has 1 aliphatic heterocycles. The number of benzene rings is 1. The van der Waals surface area contributed by atoms with Crippen molar-refractivity contribution in [1.29, 1.82) is 0 Å². The van der Waals surface area contributed by atoms with Gasteiger partial charge in [0.2, 0.25) is 0 Å². The number of methoxy groups -OCH3 is 1. The molecule has 1 aliphatic carbocycles. The van der Waals surface area contributed by atoms with Gasteiger partial charge in [-0.25, -0.2) is 9.97 Å². The minimum Gasteiger partial charge on any atom is -0.493 e. The van der Waals surface area contributed by atoms with Gasteiger partial charge in [0.15, 0.2) is 11.5 Å². The molecule has 1 aromatic heterocycles. The van der Waals surface area contributed by atoms with E-state index in [4.69, 9.17) is 37.4 Å². The fourth-order valence-corrected chi connectivity index (χ4v) is 4.39. The van der Waals surface area contributed by atoms with Crippen molar-refractivity contribution in [2.24, 2.45) is 5.92 Å². The predicted molar refractivity (Wildman–Crippen MR) is 128 cm³/mol. The van der Waals surface area contributed by atoms with Crippen LogP contribution < -0.4 is 20.1 Å². The van der Waals surface area contributed by atoms with Crippen LogP contribution in [0.4, 0.5) is 5.82 Å². The second-order valence-corrected chi connectivity index (χ2v) is 9.56. The normalized spacial score (nSPS) is 25.1. The quantitative estimate of drug-likeness (QED) is 0.634. The first-order chi connectivity index (χ1) is 15.3. The highest BCUT2D eigenvalue weighted by Crippen LogP contribution is 2.36. The summed E-state index contributed by atoms with van der Waals surface area (Å²) in [5.41, 5.74) is 0.522. The number of hydrogen-bond acceptors (Lipinski definition) is 7. The van der Waals surface area contributed by atoms with Crippen molar-refractivity contribution < 1.29 is 14.2 Å². The molecule has 2 heterocycles. The third-order valence-electron chi connectivity index (χ3n) is 5.59. The zero-order chi connectivity index (χ0) is 22.9. The highest BCUT2D eigenvalue weighted by Gasteiger charge is 2.29. The van der Waals surface area contributed by atoms with Crippen molar-refractivity contribution >= 4 is 39.9 Å². The Labute approximate surface area is 198 Å². The largest absolute Gasteiger partial charge is 0.493 e. The Balaban J connectivity index is 1.56. The van der Waals surface area contributed by atoms with E-state index < -0.39 is 0 Å². The molecule has 1 aromatic carbocycles. The van der Waals surface area contributed by atoms with Crippen molar-refractivity contribution in [3.05, 3.63) is 40.7 Å². The summed E-state index contributed by atoms with van der Waals surface area (Å²) in [5.74, 6) is 2.05. The molecular formula is C23H28Cl2N4O3. The minimum atomic E-state index is -0.222. The monoisotopic (exact) mass is 478 g/mol. The molecule has 9 heteroatoms. The van der Waals surface area contributed by atoms with Gasteiger partial charge in [-0.3, -0.25) is 0 Å². The molecule has 3 unspecified atom stereocenters. The number of aromatic nitrogens is 2. The van der Waals surface area contributed by atoms with E-state index >= 15 is 0 Å². The van der Waals surface area contributed by atoms with Crippen molar-refractivity contribution in [3.63, 3.8) is 0 Å². The number of anilines is 1. The first-order valence-electron chi connectivity index (χ1n) is 10.6. The number of allylic oxidation sites excluding steroid dienone is 2. The molecule has 2 aliphatic rings. The van der Waals surface area contributed by atoms with Gasteiger partial charge in [-0.05, 0) is 31.9 Å². The molecule has 0 spiro atoms. The lowest BCUT2D eigenvalue weighted by molar-refractivity contribution is -0.107. The molecule has 1 saturated heterocycles. The van der Waals surface area contributed by atoms with E-state index in [1.54, 1.807) is 7.11 Å². The molecule has 7 nitrogen and oxygen atoms in total. The van der Waals surface area contributed by atoms with Crippen LogP contribution in [-0.4, -0.2) is 54.5 Å². The molecule has 0 radical (unpaired) electrons. The highest BCUT2D eigenvalue weighted by molar-refractivity contribution is 6.44. The number of nitrogens with zero attached hydrogens (tertiary/aromatic N) is 2. The number of ether oxygens (including phenoxy) is 3. The van der Waals surface area contributed by atoms with Gasteiger partial charge in [0, 0.05) is 24.5 Å². The first-order valence-corrected chi connectivity index (χ1v) is 11.4. The SMILES string of the molecule is COc1cc2c(NC3C=C(Cl)C(Cl)=CC3C)ncnc2cc1OCC1CNCC(C)(C)O1. The van der Waals surface area contributed by atoms with Gasteiger partial charge in [0.1, 0.15) is 24.9 Å². The maximum atomic E-state index is 6.23. The molecule has 2 N–H and O–H groups in total. The molecule has 2 aromatic rings. The number of nitrogens with one attached hydrogen (secondary N) is 2. The van der Waals surface area contributed by atoms with Crippen molar-refractivity contribution in [3.8, 4) is 11.5 Å². The Morgan fingerprint density at radius 3 is 2.72 bits per heavy atom. The smallest absolute Gasteiger partial charge is 0.163 e. The van der Waals surface area contributed by atoms with Crippen LogP contribution in [0.1, 0.15) is 20.8 Å². The summed E-state index contributed by atoms with van der Waals surface area (Å²) in [6.07, 6.45) is 5.31. The number of morpholine rings is 1. The zero-order valence-electron chi connectivity index (χ0n) is 18.6. The van der Waals surface area contributed by atoms with E-state index in [0.29, 0.717) is 34.0 Å². The topological polar surface area (TPSA) is 77.5 Å². The van der Waals surface area contributed by atoms with Crippen LogP contribution in [0.15, 0.2) is 40.7 Å². The highest BCUT2D eigenvalue weighted by atomic mass is 35.5. The van der Waals surface area contributed by atoms with Gasteiger partial charge >= 0.3 is 0 Å². The van der Waals surface area contributed by atoms with Crippen LogP contribution in [-0.2, 0) is 4.74 Å². The molecule has 0 saturated carbocycles. The van der Waals surface area contributed by atoms with E-state index in [1.165, 1.54) is 6.33 Å². The van der Waals surface area contributed by atoms with E-state index in [2.05, 4.69) is 41.4 Å². The van der Waals surface area contributed by atoms with Gasteiger partial charge in [-0.2, -0.15) is 0 Å². The van der Waals surface area contributed by atoms with E-state index in [9.17, 15) is 0 Å². The first kappa shape index (κ1) is 23.1. The zero-order valence-corrected chi connectivity index (χ0v) is 20.1. The van der Waals surface area contributed by atoms with Gasteiger partial charge in [-0.1, -0.05) is 36.2 Å². The second-order valence-electron chi connectivity index (χ2n) is 8.74. The van der Waals surface area contributed by atoms with Crippen LogP contribution in [0.25, 0.3) is 10.9 Å². The fourth-order valence-electron chi connectivity index (χ4n) is 3.93. The molecule has 32 heavy (non-hydrogen) atoms. The maximum absolute atomic E-state index is 6.23. The molecule has 3 atom stereocenters. The average Bonchev–Trinajstić information content (AvgIpc) is 2.75. The summed E-state index contributed by atoms with van der Waals surface area (Å²) < 4.78 is 17.8. The van der Waals surface area contributed by atoms with Crippen LogP contribution >= 0.6 is 23.2 Å². The lowest BCUT2D eigenvalue weighted by Gasteiger charge is -2.36. The number of hydrogen-bond donors (Lipinski definition) is 2. The van der Waals surface area contributed by atoms with Crippen molar-refractivity contribution in [1.82, 2.24) is 15.3 Å². The van der Waals surface area contributed by atoms with E-state index in [-0.39, 0.29) is 23.7 Å². The minimum absolute atomic E-state index is 0.0500. The molecule has 172 valence electrons.